The van der Waals surface area contributed by atoms with E-state index in [0.717, 1.165) is 128 Å². The van der Waals surface area contributed by atoms with Crippen molar-refractivity contribution in [2.24, 2.45) is 0 Å². The van der Waals surface area contributed by atoms with Gasteiger partial charge in [-0.15, -0.1) is 0 Å². The van der Waals surface area contributed by atoms with Crippen molar-refractivity contribution in [3.63, 3.8) is 0 Å². The van der Waals surface area contributed by atoms with Crippen LogP contribution in [0.15, 0.2) is 21.7 Å². The molecule has 12 N–H and O–H groups in total. The number of rotatable bonds is 64. The summed E-state index contributed by atoms with van der Waals surface area (Å²) < 4.78 is 59.8. The first kappa shape index (κ1) is 86.1. The minimum atomic E-state index is -0.463. The molecule has 10 amide bonds. The lowest BCUT2D eigenvalue weighted by atomic mass is 10.1. The third-order valence-corrected chi connectivity index (χ3v) is 13.8. The number of hydrogen-bond donors (Lipinski definition) is 12. The summed E-state index contributed by atoms with van der Waals surface area (Å²) in [6.07, 6.45) is 17.7. The molecule has 0 spiro atoms. The van der Waals surface area contributed by atoms with Gasteiger partial charge in [0.05, 0.1) is 119 Å². The quantitative estimate of drug-likeness (QED) is 0.0368. The van der Waals surface area contributed by atoms with Gasteiger partial charge in [0.1, 0.15) is 13.2 Å². The standard InChI is InChI=1S/C64H116N14O19/c1-53-51-55(79)75-57(73-53)77-61(83)69-27-19-13-11-17-25-67-59(81)65-23-15-7-3-5-9-21-29-71-63(85)96-49-47-94-45-43-92-41-39-90-37-35-88-33-31-87-32-34-89-36-38-91-40-42-93-44-46-95-48-50-97-64(86)72-30-22-10-6-4-8-16-24-66-60(82)68-26-18-12-14-20-28-70-62(84)78-58-74-54(2)52-56(80)76-58/h51-52H,3-50H2,1-2H3,(H,71,85)(H,72,86)(H2,65,67,81)(H2,66,68,82)(H3,69,73,75,77,79,83)(H3,70,74,76,78,80,84). The van der Waals surface area contributed by atoms with E-state index in [1.807, 2.05) is 0 Å². The minimum absolute atomic E-state index is 0.108. The van der Waals surface area contributed by atoms with Gasteiger partial charge in [-0.2, -0.15) is 0 Å². The molecule has 97 heavy (non-hydrogen) atoms. The van der Waals surface area contributed by atoms with E-state index >= 15 is 0 Å². The first-order valence-electron chi connectivity index (χ1n) is 34.7. The van der Waals surface area contributed by atoms with E-state index in [1.54, 1.807) is 13.8 Å². The van der Waals surface area contributed by atoms with Gasteiger partial charge in [-0.25, -0.2) is 38.7 Å². The Balaban J connectivity index is 1.15. The van der Waals surface area contributed by atoms with Crippen molar-refractivity contribution in [3.05, 3.63) is 44.2 Å². The van der Waals surface area contributed by atoms with Crippen LogP contribution in [0.4, 0.5) is 40.7 Å². The number of ether oxygens (including phenoxy) is 11. The van der Waals surface area contributed by atoms with E-state index in [1.165, 1.54) is 12.1 Å². The number of nitrogens with one attached hydrogen (secondary N) is 12. The molecule has 33 nitrogen and oxygen atoms in total. The molecule has 2 aromatic rings. The molecule has 2 heterocycles. The van der Waals surface area contributed by atoms with Crippen LogP contribution in [-0.4, -0.2) is 241 Å². The highest BCUT2D eigenvalue weighted by Gasteiger charge is 2.09. The number of aromatic nitrogens is 4. The molecule has 0 aliphatic rings. The summed E-state index contributed by atoms with van der Waals surface area (Å²) in [6, 6.07) is 1.50. The van der Waals surface area contributed by atoms with E-state index in [9.17, 15) is 38.4 Å². The van der Waals surface area contributed by atoms with Gasteiger partial charge in [0.25, 0.3) is 11.1 Å². The number of urea groups is 4. The number of carbonyl (C=O) groups excluding carboxylic acids is 6. The Bertz CT molecular complexity index is 2270. The first-order chi connectivity index (χ1) is 47.4. The van der Waals surface area contributed by atoms with E-state index in [2.05, 4.69) is 73.1 Å². The highest BCUT2D eigenvalue weighted by Crippen LogP contribution is 2.07. The zero-order chi connectivity index (χ0) is 70.0. The van der Waals surface area contributed by atoms with E-state index in [-0.39, 0.29) is 61.5 Å². The second-order valence-corrected chi connectivity index (χ2v) is 22.3. The van der Waals surface area contributed by atoms with Crippen molar-refractivity contribution in [2.45, 2.75) is 142 Å². The van der Waals surface area contributed by atoms with Gasteiger partial charge in [0, 0.05) is 75.9 Å². The third kappa shape index (κ3) is 58.9. The topological polar surface area (TPSA) is 416 Å². The molecule has 2 rings (SSSR count). The van der Waals surface area contributed by atoms with Gasteiger partial charge in [-0.05, 0) is 65.2 Å². The summed E-state index contributed by atoms with van der Waals surface area (Å²) in [4.78, 5) is 108. The van der Waals surface area contributed by atoms with Crippen molar-refractivity contribution < 1.29 is 80.9 Å². The maximum atomic E-state index is 12.0. The number of aryl methyl sites for hydroxylation is 2. The molecule has 0 saturated heterocycles. The molecule has 0 unspecified atom stereocenters. The largest absolute Gasteiger partial charge is 0.447 e. The fourth-order valence-electron chi connectivity index (χ4n) is 8.77. The minimum Gasteiger partial charge on any atom is -0.447 e. The molecule has 0 radical (unpaired) electrons. The molecule has 0 fully saturated rings. The summed E-state index contributed by atoms with van der Waals surface area (Å²) in [5, 5.41) is 27.5. The highest BCUT2D eigenvalue weighted by molar-refractivity contribution is 5.87. The molecule has 0 atom stereocenters. The molecule has 0 saturated carbocycles. The average Bonchev–Trinajstić information content (AvgIpc) is 1.31. The summed E-state index contributed by atoms with van der Waals surface area (Å²) in [5.74, 6) is 0.217. The van der Waals surface area contributed by atoms with Crippen LogP contribution < -0.4 is 64.3 Å². The van der Waals surface area contributed by atoms with Gasteiger partial charge >= 0.3 is 36.3 Å². The van der Waals surface area contributed by atoms with Gasteiger partial charge in [0.15, 0.2) is 0 Å². The normalized spacial score (nSPS) is 11.0. The molecule has 0 aliphatic carbocycles. The number of nitrogens with zero attached hydrogens (tertiary/aromatic N) is 2. The Morgan fingerprint density at radius 2 is 0.485 bits per heavy atom. The number of amides is 10. The van der Waals surface area contributed by atoms with Gasteiger partial charge in [-0.1, -0.05) is 77.0 Å². The molecular weight excluding hydrogens is 1270 g/mol. The van der Waals surface area contributed by atoms with Gasteiger partial charge < -0.3 is 94.6 Å². The summed E-state index contributed by atoms with van der Waals surface area (Å²) in [5.41, 5.74) is 0.372. The zero-order valence-corrected chi connectivity index (χ0v) is 57.7. The number of hydrogen-bond acceptors (Lipinski definition) is 21. The van der Waals surface area contributed by atoms with E-state index < -0.39 is 24.2 Å². The van der Waals surface area contributed by atoms with Gasteiger partial charge in [-0.3, -0.25) is 30.2 Å². The smallest absolute Gasteiger partial charge is 0.407 e. The Morgan fingerprint density at radius 1 is 0.289 bits per heavy atom. The number of carbonyl (C=O) groups is 6. The molecular formula is C64H116N14O19. The molecule has 556 valence electrons. The summed E-state index contributed by atoms with van der Waals surface area (Å²) in [7, 11) is 0. The number of unbranched alkanes of at least 4 members (excludes halogenated alkanes) is 16. The van der Waals surface area contributed by atoms with Crippen LogP contribution in [0.2, 0.25) is 0 Å². The number of aromatic amines is 2. The number of anilines is 2. The van der Waals surface area contributed by atoms with Crippen molar-refractivity contribution in [1.82, 2.24) is 62.5 Å². The lowest BCUT2D eigenvalue weighted by Crippen LogP contribution is -2.36. The number of alkyl carbamates (subject to hydrolysis) is 2. The first-order valence-corrected chi connectivity index (χ1v) is 34.7. The van der Waals surface area contributed by atoms with Crippen molar-refractivity contribution in [1.29, 1.82) is 0 Å². The fourth-order valence-corrected chi connectivity index (χ4v) is 8.77. The van der Waals surface area contributed by atoms with Crippen LogP contribution in [0.5, 0.6) is 0 Å². The van der Waals surface area contributed by atoms with Crippen LogP contribution in [0.25, 0.3) is 0 Å². The maximum absolute atomic E-state index is 12.0. The highest BCUT2D eigenvalue weighted by atomic mass is 16.6. The second-order valence-electron chi connectivity index (χ2n) is 22.3. The van der Waals surface area contributed by atoms with Crippen molar-refractivity contribution >= 4 is 48.2 Å². The maximum Gasteiger partial charge on any atom is 0.407 e. The van der Waals surface area contributed by atoms with Crippen LogP contribution in [0.1, 0.15) is 140 Å². The Kier molecular flexibility index (Phi) is 56.6. The second kappa shape index (κ2) is 63.7. The lowest BCUT2D eigenvalue weighted by Gasteiger charge is -2.09. The van der Waals surface area contributed by atoms with Crippen LogP contribution >= 0.6 is 0 Å². The lowest BCUT2D eigenvalue weighted by molar-refractivity contribution is -0.0262. The van der Waals surface area contributed by atoms with E-state index in [4.69, 9.17) is 52.1 Å². The third-order valence-electron chi connectivity index (χ3n) is 13.8. The molecule has 33 heteroatoms. The average molecular weight is 1390 g/mol. The molecule has 2 aromatic heterocycles. The SMILES string of the molecule is Cc1cc(=O)[nH]c(NC(=O)NCCCCCCNC(=O)NCCCCCCCCNC(=O)OCCOCCOCCOCCOCCOCCOCCOCCOCCOCCOC(=O)NCCCCCCCCNC(=O)NCCCCCCNC(=O)Nc2nc(C)cc(=O)[nH]2)n1. The predicted molar refractivity (Wildman–Crippen MR) is 364 cm³/mol. The van der Waals surface area contributed by atoms with Crippen LogP contribution in [0.3, 0.4) is 0 Å². The van der Waals surface area contributed by atoms with Gasteiger partial charge in [0.2, 0.25) is 11.9 Å². The van der Waals surface area contributed by atoms with Crippen LogP contribution in [0, 0.1) is 13.8 Å². The zero-order valence-electron chi connectivity index (χ0n) is 57.7. The Labute approximate surface area is 571 Å². The van der Waals surface area contributed by atoms with Crippen molar-refractivity contribution in [2.75, 3.05) is 195 Å². The Hall–Kier alpha value is -6.98. The summed E-state index contributed by atoms with van der Waals surface area (Å²) >= 11 is 0. The Morgan fingerprint density at radius 3 is 0.711 bits per heavy atom. The van der Waals surface area contributed by atoms with Crippen molar-refractivity contribution in [3.8, 4) is 0 Å². The molecule has 0 bridgehead atoms. The van der Waals surface area contributed by atoms with Crippen LogP contribution in [-0.2, 0) is 52.1 Å². The van der Waals surface area contributed by atoms with E-state index in [0.29, 0.717) is 169 Å². The monoisotopic (exact) mass is 1380 g/mol. The molecule has 0 aromatic carbocycles. The molecule has 0 aliphatic heterocycles. The number of H-pyrrole nitrogens is 2. The fraction of sp³-hybridized carbons (Fsp3) is 0.781. The summed E-state index contributed by atoms with van der Waals surface area (Å²) in [6.45, 7) is 15.5. The predicted octanol–water partition coefficient (Wildman–Crippen LogP) is 5.42.